The first kappa shape index (κ1) is 16.6. The fourth-order valence-electron chi connectivity index (χ4n) is 1.86. The largest absolute Gasteiger partial charge is 0.311 e. The summed E-state index contributed by atoms with van der Waals surface area (Å²) in [7, 11) is -3.85. The van der Waals surface area contributed by atoms with E-state index < -0.39 is 10.1 Å². The van der Waals surface area contributed by atoms with E-state index in [0.29, 0.717) is 13.0 Å². The molecule has 4 nitrogen and oxygen atoms in total. The van der Waals surface area contributed by atoms with Crippen LogP contribution in [0, 0.1) is 0 Å². The van der Waals surface area contributed by atoms with Crippen molar-refractivity contribution in [1.29, 1.82) is 0 Å². The van der Waals surface area contributed by atoms with E-state index in [9.17, 15) is 8.42 Å². The molecule has 0 saturated heterocycles. The molecule has 0 aliphatic carbocycles. The van der Waals surface area contributed by atoms with Gasteiger partial charge in [-0.05, 0) is 44.9 Å². The van der Waals surface area contributed by atoms with E-state index in [1.807, 2.05) is 18.2 Å². The molecule has 0 spiro atoms. The Bertz CT molecular complexity index is 514. The van der Waals surface area contributed by atoms with Gasteiger partial charge in [0, 0.05) is 10.0 Å². The van der Waals surface area contributed by atoms with Gasteiger partial charge in [0.15, 0.2) is 0 Å². The maximum atomic E-state index is 10.6. The molecule has 0 bridgehead atoms. The van der Waals surface area contributed by atoms with Crippen LogP contribution in [0.2, 0.25) is 0 Å². The van der Waals surface area contributed by atoms with Gasteiger partial charge in [-0.1, -0.05) is 34.1 Å². The maximum absolute atomic E-state index is 10.6. The molecule has 0 radical (unpaired) electrons. The Morgan fingerprint density at radius 3 is 2.53 bits per heavy atom. The van der Waals surface area contributed by atoms with Crippen LogP contribution in [-0.2, 0) is 16.5 Å². The second-order valence-corrected chi connectivity index (χ2v) is 7.64. The summed E-state index contributed by atoms with van der Waals surface area (Å²) in [5.41, 5.74) is 1.07. The summed E-state index contributed by atoms with van der Waals surface area (Å²) < 4.78 is 31.0. The molecular formula is C13H20BrNO3S. The number of benzene rings is 1. The van der Waals surface area contributed by atoms with Gasteiger partial charge in [0.1, 0.15) is 0 Å². The SMILES string of the molecule is CC(C)(Cc1ccccc1Br)NCCCS(=O)(=O)O. The minimum absolute atomic E-state index is 0.136. The average Bonchev–Trinajstić information content (AvgIpc) is 2.26. The van der Waals surface area contributed by atoms with E-state index >= 15 is 0 Å². The number of hydrogen-bond acceptors (Lipinski definition) is 3. The summed E-state index contributed by atoms with van der Waals surface area (Å²) >= 11 is 3.52. The highest BCUT2D eigenvalue weighted by Crippen LogP contribution is 2.21. The molecule has 2 N–H and O–H groups in total. The van der Waals surface area contributed by atoms with Crippen molar-refractivity contribution in [3.8, 4) is 0 Å². The summed E-state index contributed by atoms with van der Waals surface area (Å²) in [5, 5.41) is 3.31. The Kier molecular flexibility index (Phi) is 5.98. The fourth-order valence-corrected chi connectivity index (χ4v) is 2.80. The molecule has 0 unspecified atom stereocenters. The predicted octanol–water partition coefficient (Wildman–Crippen LogP) is 2.64. The fraction of sp³-hybridized carbons (Fsp3) is 0.538. The highest BCUT2D eigenvalue weighted by atomic mass is 79.9. The predicted molar refractivity (Wildman–Crippen MR) is 81.0 cm³/mol. The Morgan fingerprint density at radius 1 is 1.32 bits per heavy atom. The smallest absolute Gasteiger partial charge is 0.264 e. The van der Waals surface area contributed by atoms with E-state index in [1.165, 1.54) is 5.56 Å². The molecule has 0 aromatic heterocycles. The zero-order valence-electron chi connectivity index (χ0n) is 11.2. The first-order chi connectivity index (χ1) is 8.70. The summed E-state index contributed by atoms with van der Waals surface area (Å²) in [6.07, 6.45) is 1.23. The third-order valence-corrected chi connectivity index (χ3v) is 4.35. The van der Waals surface area contributed by atoms with Crippen LogP contribution in [0.25, 0.3) is 0 Å². The van der Waals surface area contributed by atoms with Crippen LogP contribution in [0.4, 0.5) is 0 Å². The Hall–Kier alpha value is -0.430. The van der Waals surface area contributed by atoms with Crippen molar-refractivity contribution in [2.24, 2.45) is 0 Å². The van der Waals surface area contributed by atoms with Crippen molar-refractivity contribution in [1.82, 2.24) is 5.32 Å². The van der Waals surface area contributed by atoms with E-state index in [4.69, 9.17) is 4.55 Å². The normalized spacial score (nSPS) is 12.6. The van der Waals surface area contributed by atoms with Crippen LogP contribution in [-0.4, -0.2) is 30.8 Å². The maximum Gasteiger partial charge on any atom is 0.264 e. The summed E-state index contributed by atoms with van der Waals surface area (Å²) in [6, 6.07) is 8.03. The molecule has 0 aliphatic rings. The van der Waals surface area contributed by atoms with Crippen LogP contribution in [0.5, 0.6) is 0 Å². The molecule has 108 valence electrons. The van der Waals surface area contributed by atoms with Crippen LogP contribution >= 0.6 is 15.9 Å². The molecule has 0 atom stereocenters. The van der Waals surface area contributed by atoms with Crippen LogP contribution in [0.3, 0.4) is 0 Å². The molecule has 0 amide bonds. The van der Waals surface area contributed by atoms with E-state index in [2.05, 4.69) is 41.2 Å². The lowest BCUT2D eigenvalue weighted by atomic mass is 9.95. The molecule has 1 aromatic carbocycles. The molecule has 0 heterocycles. The lowest BCUT2D eigenvalue weighted by molar-refractivity contribution is 0.385. The second kappa shape index (κ2) is 6.83. The Morgan fingerprint density at radius 2 is 1.95 bits per heavy atom. The first-order valence-corrected chi connectivity index (χ1v) is 8.53. The van der Waals surface area contributed by atoms with Gasteiger partial charge in [-0.25, -0.2) is 0 Å². The van der Waals surface area contributed by atoms with Crippen LogP contribution in [0.15, 0.2) is 28.7 Å². The zero-order chi connectivity index (χ0) is 14.5. The van der Waals surface area contributed by atoms with Gasteiger partial charge < -0.3 is 5.32 Å². The van der Waals surface area contributed by atoms with Crippen molar-refractivity contribution in [2.75, 3.05) is 12.3 Å². The molecule has 1 rings (SSSR count). The van der Waals surface area contributed by atoms with Crippen molar-refractivity contribution in [2.45, 2.75) is 32.2 Å². The number of rotatable bonds is 7. The lowest BCUT2D eigenvalue weighted by Gasteiger charge is -2.27. The van der Waals surface area contributed by atoms with Gasteiger partial charge in [0.25, 0.3) is 10.1 Å². The van der Waals surface area contributed by atoms with Gasteiger partial charge in [0.2, 0.25) is 0 Å². The molecule has 0 saturated carbocycles. The summed E-state index contributed by atoms with van der Waals surface area (Å²) in [4.78, 5) is 0. The number of nitrogens with one attached hydrogen (secondary N) is 1. The molecule has 1 aromatic rings. The van der Waals surface area contributed by atoms with Gasteiger partial charge >= 0.3 is 0 Å². The minimum Gasteiger partial charge on any atom is -0.311 e. The average molecular weight is 350 g/mol. The molecular weight excluding hydrogens is 330 g/mol. The zero-order valence-corrected chi connectivity index (χ0v) is 13.6. The Balaban J connectivity index is 2.46. The second-order valence-electron chi connectivity index (χ2n) is 5.22. The third kappa shape index (κ3) is 7.06. The van der Waals surface area contributed by atoms with E-state index in [-0.39, 0.29) is 11.3 Å². The Labute approximate surface area is 123 Å². The molecule has 0 aliphatic heterocycles. The molecule has 6 heteroatoms. The van der Waals surface area contributed by atoms with Crippen molar-refractivity contribution < 1.29 is 13.0 Å². The molecule has 0 fully saturated rings. The highest BCUT2D eigenvalue weighted by molar-refractivity contribution is 9.10. The monoisotopic (exact) mass is 349 g/mol. The van der Waals surface area contributed by atoms with Crippen molar-refractivity contribution in [3.63, 3.8) is 0 Å². The van der Waals surface area contributed by atoms with E-state index in [1.54, 1.807) is 0 Å². The summed E-state index contributed by atoms with van der Waals surface area (Å²) in [6.45, 7) is 4.69. The lowest BCUT2D eigenvalue weighted by Crippen LogP contribution is -2.42. The highest BCUT2D eigenvalue weighted by Gasteiger charge is 2.18. The van der Waals surface area contributed by atoms with Crippen LogP contribution in [0.1, 0.15) is 25.8 Å². The third-order valence-electron chi connectivity index (χ3n) is 2.77. The van der Waals surface area contributed by atoms with Gasteiger partial charge in [-0.2, -0.15) is 8.42 Å². The number of halogens is 1. The van der Waals surface area contributed by atoms with Gasteiger partial charge in [-0.15, -0.1) is 0 Å². The molecule has 19 heavy (non-hydrogen) atoms. The van der Waals surface area contributed by atoms with Gasteiger partial charge in [0.05, 0.1) is 5.75 Å². The standard InChI is InChI=1S/C13H20BrNO3S/c1-13(2,15-8-5-9-19(16,17)18)10-11-6-3-4-7-12(11)14/h3-4,6-7,15H,5,8-10H2,1-2H3,(H,16,17,18). The van der Waals surface area contributed by atoms with E-state index in [0.717, 1.165) is 10.9 Å². The van der Waals surface area contributed by atoms with Crippen LogP contribution < -0.4 is 5.32 Å². The quantitative estimate of drug-likeness (QED) is 0.586. The first-order valence-electron chi connectivity index (χ1n) is 6.13. The van der Waals surface area contributed by atoms with Crippen molar-refractivity contribution >= 4 is 26.0 Å². The van der Waals surface area contributed by atoms with Crippen molar-refractivity contribution in [3.05, 3.63) is 34.3 Å². The number of hydrogen-bond donors (Lipinski definition) is 2. The van der Waals surface area contributed by atoms with Gasteiger partial charge in [-0.3, -0.25) is 4.55 Å². The summed E-state index contributed by atoms with van der Waals surface area (Å²) in [5.74, 6) is -0.203. The topological polar surface area (TPSA) is 66.4 Å². The minimum atomic E-state index is -3.85.